The maximum absolute atomic E-state index is 12.1. The van der Waals surface area contributed by atoms with Crippen LogP contribution < -0.4 is 5.43 Å². The molecule has 1 heterocycles. The molecule has 3 rings (SSSR count). The van der Waals surface area contributed by atoms with Crippen molar-refractivity contribution in [2.75, 3.05) is 0 Å². The van der Waals surface area contributed by atoms with Gasteiger partial charge in [-0.15, -0.1) is 0 Å². The highest BCUT2D eigenvalue weighted by molar-refractivity contribution is 9.10. The van der Waals surface area contributed by atoms with Crippen molar-refractivity contribution in [1.29, 1.82) is 0 Å². The molecule has 0 radical (unpaired) electrons. The zero-order valence-electron chi connectivity index (χ0n) is 10.9. The number of halogens is 1. The van der Waals surface area contributed by atoms with Crippen molar-refractivity contribution in [1.82, 2.24) is 5.43 Å². The molecule has 2 fully saturated rings. The second-order valence-corrected chi connectivity index (χ2v) is 6.49. The lowest BCUT2D eigenvalue weighted by Crippen LogP contribution is -2.22. The molecule has 1 N–H and O–H groups in total. The van der Waals surface area contributed by atoms with E-state index in [4.69, 9.17) is 4.42 Å². The molecule has 19 heavy (non-hydrogen) atoms. The summed E-state index contributed by atoms with van der Waals surface area (Å²) in [4.78, 5) is 12.1. The molecule has 1 aromatic heterocycles. The van der Waals surface area contributed by atoms with Gasteiger partial charge in [-0.3, -0.25) is 4.79 Å². The maximum atomic E-state index is 12.1. The Labute approximate surface area is 120 Å². The van der Waals surface area contributed by atoms with Gasteiger partial charge in [-0.25, -0.2) is 5.43 Å². The molecule has 0 bridgehead atoms. The summed E-state index contributed by atoms with van der Waals surface area (Å²) in [5.74, 6) is 1.38. The second kappa shape index (κ2) is 4.78. The van der Waals surface area contributed by atoms with Gasteiger partial charge in [-0.1, -0.05) is 19.8 Å². The van der Waals surface area contributed by atoms with Gasteiger partial charge >= 0.3 is 0 Å². The number of furan rings is 1. The molecule has 1 amide bonds. The molecular weight excluding hydrogens is 308 g/mol. The molecular formula is C14H17BrN2O2. The molecule has 3 atom stereocenters. The lowest BCUT2D eigenvalue weighted by molar-refractivity contribution is -0.123. The maximum Gasteiger partial charge on any atom is 0.244 e. The molecule has 0 saturated heterocycles. The van der Waals surface area contributed by atoms with E-state index in [0.717, 1.165) is 0 Å². The largest absolute Gasteiger partial charge is 0.448 e. The first-order chi connectivity index (χ1) is 9.11. The van der Waals surface area contributed by atoms with Gasteiger partial charge in [0.05, 0.1) is 6.21 Å². The zero-order valence-corrected chi connectivity index (χ0v) is 12.4. The Morgan fingerprint density at radius 2 is 2.42 bits per heavy atom. The van der Waals surface area contributed by atoms with Crippen LogP contribution in [0.15, 0.2) is 26.3 Å². The van der Waals surface area contributed by atoms with Crippen LogP contribution in [0.5, 0.6) is 0 Å². The number of carbonyl (C=O) groups is 1. The highest BCUT2D eigenvalue weighted by atomic mass is 79.9. The van der Waals surface area contributed by atoms with Crippen LogP contribution in [0.4, 0.5) is 0 Å². The number of hydrazone groups is 1. The van der Waals surface area contributed by atoms with Crippen molar-refractivity contribution in [2.45, 2.75) is 32.6 Å². The van der Waals surface area contributed by atoms with Gasteiger partial charge in [0.25, 0.3) is 0 Å². The van der Waals surface area contributed by atoms with Crippen LogP contribution in [0.3, 0.4) is 0 Å². The fraction of sp³-hybridized carbons (Fsp3) is 0.571. The number of hydrogen-bond acceptors (Lipinski definition) is 3. The molecule has 5 heteroatoms. The van der Waals surface area contributed by atoms with Crippen molar-refractivity contribution in [3.63, 3.8) is 0 Å². The third-order valence-electron chi connectivity index (χ3n) is 4.57. The molecule has 0 aromatic carbocycles. The summed E-state index contributed by atoms with van der Waals surface area (Å²) >= 11 is 3.22. The van der Waals surface area contributed by atoms with E-state index in [2.05, 4.69) is 33.4 Å². The summed E-state index contributed by atoms with van der Waals surface area (Å²) in [5.41, 5.74) is 2.87. The summed E-state index contributed by atoms with van der Waals surface area (Å²) < 4.78 is 5.93. The Kier molecular flexibility index (Phi) is 3.25. The molecule has 2 saturated carbocycles. The van der Waals surface area contributed by atoms with Crippen LogP contribution in [-0.2, 0) is 4.79 Å². The number of nitrogens with one attached hydrogen (secondary N) is 1. The highest BCUT2D eigenvalue weighted by Gasteiger charge is 2.64. The molecule has 0 spiro atoms. The first kappa shape index (κ1) is 12.9. The third-order valence-corrected chi connectivity index (χ3v) is 5.00. The average molecular weight is 325 g/mol. The van der Waals surface area contributed by atoms with Crippen molar-refractivity contribution in [2.24, 2.45) is 22.4 Å². The Balaban J connectivity index is 1.56. The molecule has 2 aliphatic carbocycles. The van der Waals surface area contributed by atoms with E-state index in [0.29, 0.717) is 16.3 Å². The third kappa shape index (κ3) is 2.36. The first-order valence-electron chi connectivity index (χ1n) is 6.69. The highest BCUT2D eigenvalue weighted by Crippen LogP contribution is 2.66. The van der Waals surface area contributed by atoms with Gasteiger partial charge in [0, 0.05) is 5.92 Å². The lowest BCUT2D eigenvalue weighted by atomic mass is 9.90. The number of nitrogens with zero attached hydrogens (tertiary/aromatic N) is 1. The van der Waals surface area contributed by atoms with Crippen LogP contribution in [0.25, 0.3) is 0 Å². The molecule has 0 aliphatic heterocycles. The summed E-state index contributed by atoms with van der Waals surface area (Å²) in [5, 5.41) is 3.97. The molecule has 0 unspecified atom stereocenters. The summed E-state index contributed by atoms with van der Waals surface area (Å²) in [6.45, 7) is 2.23. The molecule has 2 aliphatic rings. The molecule has 102 valence electrons. The van der Waals surface area contributed by atoms with E-state index in [1.165, 1.54) is 31.9 Å². The number of fused-ring (bicyclic) bond motifs is 1. The predicted octanol–water partition coefficient (Wildman–Crippen LogP) is 3.32. The number of carbonyl (C=O) groups excluding carboxylic acids is 1. The van der Waals surface area contributed by atoms with E-state index < -0.39 is 0 Å². The fourth-order valence-electron chi connectivity index (χ4n) is 3.48. The summed E-state index contributed by atoms with van der Waals surface area (Å²) in [6.07, 6.45) is 6.39. The topological polar surface area (TPSA) is 54.6 Å². The van der Waals surface area contributed by atoms with Gasteiger partial charge in [-0.05, 0) is 52.2 Å². The minimum absolute atomic E-state index is 0.0521. The molecule has 1 aromatic rings. The molecule has 4 nitrogen and oxygen atoms in total. The van der Waals surface area contributed by atoms with Crippen molar-refractivity contribution in [3.05, 3.63) is 22.6 Å². The van der Waals surface area contributed by atoms with E-state index >= 15 is 0 Å². The first-order valence-corrected chi connectivity index (χ1v) is 7.49. The fourth-order valence-corrected chi connectivity index (χ4v) is 3.80. The van der Waals surface area contributed by atoms with Crippen LogP contribution in [0, 0.1) is 17.3 Å². The smallest absolute Gasteiger partial charge is 0.244 e. The van der Waals surface area contributed by atoms with Gasteiger partial charge in [0.2, 0.25) is 5.91 Å². The SMILES string of the molecule is C[C@]12CCCC[C@H]1[C@H]2C(=O)N/N=C\c1ccc(Br)o1. The monoisotopic (exact) mass is 324 g/mol. The zero-order chi connectivity index (χ0) is 13.5. The van der Waals surface area contributed by atoms with E-state index in [-0.39, 0.29) is 17.2 Å². The minimum atomic E-state index is 0.0521. The van der Waals surface area contributed by atoms with Crippen molar-refractivity contribution < 1.29 is 9.21 Å². The number of hydrogen-bond donors (Lipinski definition) is 1. The van der Waals surface area contributed by atoms with Crippen LogP contribution in [-0.4, -0.2) is 12.1 Å². The number of rotatable bonds is 3. The Hall–Kier alpha value is -1.10. The average Bonchev–Trinajstić information content (AvgIpc) is 2.81. The van der Waals surface area contributed by atoms with Crippen LogP contribution in [0.2, 0.25) is 0 Å². The predicted molar refractivity (Wildman–Crippen MR) is 75.7 cm³/mol. The Morgan fingerprint density at radius 3 is 3.05 bits per heavy atom. The summed E-state index contributed by atoms with van der Waals surface area (Å²) in [6, 6.07) is 3.58. The summed E-state index contributed by atoms with van der Waals surface area (Å²) in [7, 11) is 0. The van der Waals surface area contributed by atoms with Gasteiger partial charge in [-0.2, -0.15) is 5.10 Å². The minimum Gasteiger partial charge on any atom is -0.448 e. The van der Waals surface area contributed by atoms with E-state index in [9.17, 15) is 4.79 Å². The Morgan fingerprint density at radius 1 is 1.58 bits per heavy atom. The lowest BCUT2D eigenvalue weighted by Gasteiger charge is -2.15. The van der Waals surface area contributed by atoms with Crippen LogP contribution >= 0.6 is 15.9 Å². The second-order valence-electron chi connectivity index (χ2n) is 5.71. The number of amides is 1. The van der Waals surface area contributed by atoms with Gasteiger partial charge < -0.3 is 4.42 Å². The standard InChI is InChI=1S/C14H17BrN2O2/c1-14-7-3-2-4-10(14)12(14)13(18)17-16-8-9-5-6-11(15)19-9/h5-6,8,10,12H,2-4,7H2,1H3,(H,17,18)/b16-8-/t10-,12-,14-/m0/s1. The Bertz CT molecular complexity index is 525. The van der Waals surface area contributed by atoms with Crippen molar-refractivity contribution in [3.8, 4) is 0 Å². The van der Waals surface area contributed by atoms with Crippen LogP contribution in [0.1, 0.15) is 38.4 Å². The van der Waals surface area contributed by atoms with Crippen molar-refractivity contribution >= 4 is 28.1 Å². The van der Waals surface area contributed by atoms with Gasteiger partial charge in [0.1, 0.15) is 5.76 Å². The quantitative estimate of drug-likeness (QED) is 0.685. The normalized spacial score (nSPS) is 33.2. The van der Waals surface area contributed by atoms with E-state index in [1.807, 2.05) is 0 Å². The van der Waals surface area contributed by atoms with E-state index in [1.54, 1.807) is 12.1 Å². The van der Waals surface area contributed by atoms with Gasteiger partial charge in [0.15, 0.2) is 4.67 Å².